The van der Waals surface area contributed by atoms with Crippen molar-refractivity contribution in [3.63, 3.8) is 0 Å². The molecule has 3 rings (SSSR count). The molecule has 3 aromatic rings. The van der Waals surface area contributed by atoms with Crippen LogP contribution in [0.2, 0.25) is 0 Å². The second-order valence-corrected chi connectivity index (χ2v) is 3.49. The second kappa shape index (κ2) is 2.95. The van der Waals surface area contributed by atoms with Gasteiger partial charge in [0.1, 0.15) is 11.6 Å². The van der Waals surface area contributed by atoms with Gasteiger partial charge in [-0.15, -0.1) is 0 Å². The van der Waals surface area contributed by atoms with E-state index >= 15 is 0 Å². The number of nitrogens with one attached hydrogen (secondary N) is 2. The number of aromatic nitrogens is 4. The van der Waals surface area contributed by atoms with Crippen molar-refractivity contribution in [2.75, 3.05) is 0 Å². The van der Waals surface area contributed by atoms with Crippen molar-refractivity contribution in [1.29, 1.82) is 0 Å². The van der Waals surface area contributed by atoms with Crippen LogP contribution >= 0.6 is 0 Å². The molecule has 0 saturated heterocycles. The minimum Gasteiger partial charge on any atom is -0.345 e. The molecule has 4 nitrogen and oxygen atoms in total. The van der Waals surface area contributed by atoms with Crippen molar-refractivity contribution in [3.05, 3.63) is 36.4 Å². The van der Waals surface area contributed by atoms with Gasteiger partial charge in [-0.2, -0.15) is 0 Å². The fourth-order valence-electron chi connectivity index (χ4n) is 1.70. The molecule has 0 aliphatic rings. The normalized spacial score (nSPS) is 11.0. The Morgan fingerprint density at radius 2 is 2.20 bits per heavy atom. The van der Waals surface area contributed by atoms with Gasteiger partial charge in [-0.05, 0) is 25.1 Å². The zero-order valence-corrected chi connectivity index (χ0v) is 8.28. The Balaban J connectivity index is 2.21. The zero-order valence-electron chi connectivity index (χ0n) is 8.28. The summed E-state index contributed by atoms with van der Waals surface area (Å²) in [6.07, 6.45) is 3.56. The van der Waals surface area contributed by atoms with Crippen LogP contribution in [0.3, 0.4) is 0 Å². The highest BCUT2D eigenvalue weighted by Gasteiger charge is 2.03. The Morgan fingerprint density at radius 1 is 1.27 bits per heavy atom. The predicted molar refractivity (Wildman–Crippen MR) is 58.4 cm³/mol. The topological polar surface area (TPSA) is 57.4 Å². The number of hydrogen-bond donors (Lipinski definition) is 2. The number of imidazole rings is 2. The first kappa shape index (κ1) is 8.23. The van der Waals surface area contributed by atoms with Crippen molar-refractivity contribution >= 4 is 11.0 Å². The lowest BCUT2D eigenvalue weighted by molar-refractivity contribution is 1.17. The molecule has 15 heavy (non-hydrogen) atoms. The molecule has 0 radical (unpaired) electrons. The molecule has 0 unspecified atom stereocenters. The van der Waals surface area contributed by atoms with E-state index in [1.54, 1.807) is 6.20 Å². The molecular formula is C11H10N4. The summed E-state index contributed by atoms with van der Waals surface area (Å²) < 4.78 is 0. The molecule has 0 atom stereocenters. The maximum atomic E-state index is 4.39. The van der Waals surface area contributed by atoms with Gasteiger partial charge in [0.05, 0.1) is 11.0 Å². The van der Waals surface area contributed by atoms with Crippen LogP contribution in [-0.4, -0.2) is 19.9 Å². The number of fused-ring (bicyclic) bond motifs is 1. The number of H-pyrrole nitrogens is 2. The molecule has 2 N–H and O–H groups in total. The van der Waals surface area contributed by atoms with Gasteiger partial charge >= 0.3 is 0 Å². The predicted octanol–water partition coefficient (Wildman–Crippen LogP) is 2.26. The average Bonchev–Trinajstić information content (AvgIpc) is 2.82. The lowest BCUT2D eigenvalue weighted by atomic mass is 10.2. The van der Waals surface area contributed by atoms with Crippen molar-refractivity contribution in [3.8, 4) is 11.4 Å². The number of hydrogen-bond acceptors (Lipinski definition) is 2. The van der Waals surface area contributed by atoms with Crippen LogP contribution in [0.4, 0.5) is 0 Å². The van der Waals surface area contributed by atoms with E-state index in [1.807, 2.05) is 31.3 Å². The van der Waals surface area contributed by atoms with E-state index in [4.69, 9.17) is 0 Å². The summed E-state index contributed by atoms with van der Waals surface area (Å²) in [5.74, 6) is 1.80. The minimum absolute atomic E-state index is 0.873. The Kier molecular flexibility index (Phi) is 1.62. The minimum atomic E-state index is 0.873. The highest BCUT2D eigenvalue weighted by atomic mass is 14.9. The molecule has 2 aromatic heterocycles. The van der Waals surface area contributed by atoms with Gasteiger partial charge in [0.15, 0.2) is 0 Å². The third-order valence-electron chi connectivity index (χ3n) is 2.37. The van der Waals surface area contributed by atoms with Crippen molar-refractivity contribution in [1.82, 2.24) is 19.9 Å². The summed E-state index contributed by atoms with van der Waals surface area (Å²) in [6.45, 7) is 1.95. The summed E-state index contributed by atoms with van der Waals surface area (Å²) in [6, 6.07) is 6.07. The lowest BCUT2D eigenvalue weighted by Crippen LogP contribution is -1.80. The zero-order chi connectivity index (χ0) is 10.3. The maximum absolute atomic E-state index is 4.39. The molecular weight excluding hydrogens is 188 g/mol. The molecule has 0 fully saturated rings. The molecule has 0 saturated carbocycles. The summed E-state index contributed by atoms with van der Waals surface area (Å²) >= 11 is 0. The van der Waals surface area contributed by atoms with E-state index < -0.39 is 0 Å². The Morgan fingerprint density at radius 3 is 3.00 bits per heavy atom. The van der Waals surface area contributed by atoms with Crippen molar-refractivity contribution in [2.24, 2.45) is 0 Å². The molecule has 4 heteroatoms. The average molecular weight is 198 g/mol. The van der Waals surface area contributed by atoms with Gasteiger partial charge < -0.3 is 9.97 Å². The molecule has 0 aliphatic carbocycles. The maximum Gasteiger partial charge on any atom is 0.137 e. The molecule has 1 aromatic carbocycles. The third kappa shape index (κ3) is 1.30. The first-order chi connectivity index (χ1) is 7.33. The number of benzene rings is 1. The van der Waals surface area contributed by atoms with Gasteiger partial charge in [0, 0.05) is 18.0 Å². The summed E-state index contributed by atoms with van der Waals surface area (Å²) in [4.78, 5) is 14.9. The molecule has 0 spiro atoms. The molecule has 0 aliphatic heterocycles. The quantitative estimate of drug-likeness (QED) is 0.630. The molecule has 0 amide bonds. The van der Waals surface area contributed by atoms with Gasteiger partial charge in [0.25, 0.3) is 0 Å². The smallest absolute Gasteiger partial charge is 0.137 e. The molecule has 74 valence electrons. The van der Waals surface area contributed by atoms with E-state index in [0.29, 0.717) is 0 Å². The Hall–Kier alpha value is -2.10. The largest absolute Gasteiger partial charge is 0.345 e. The Labute approximate surface area is 86.4 Å². The SMILES string of the molecule is Cc1nc2cc(-c3ncc[nH]3)ccc2[nH]1. The van der Waals surface area contributed by atoms with Gasteiger partial charge in [-0.25, -0.2) is 9.97 Å². The van der Waals surface area contributed by atoms with Gasteiger partial charge in [0.2, 0.25) is 0 Å². The van der Waals surface area contributed by atoms with Crippen LogP contribution in [0.1, 0.15) is 5.82 Å². The van der Waals surface area contributed by atoms with Crippen LogP contribution in [0.15, 0.2) is 30.6 Å². The first-order valence-corrected chi connectivity index (χ1v) is 4.79. The van der Waals surface area contributed by atoms with Crippen LogP contribution < -0.4 is 0 Å². The fraction of sp³-hybridized carbons (Fsp3) is 0.0909. The number of nitrogens with zero attached hydrogens (tertiary/aromatic N) is 2. The number of aryl methyl sites for hydroxylation is 1. The standard InChI is InChI=1S/C11H10N4/c1-7-14-9-3-2-8(6-10(9)15-7)11-12-4-5-13-11/h2-6H,1H3,(H,12,13)(H,14,15). The van der Waals surface area contributed by atoms with E-state index in [2.05, 4.69) is 19.9 Å². The summed E-state index contributed by atoms with van der Waals surface area (Å²) in [7, 11) is 0. The van der Waals surface area contributed by atoms with Crippen LogP contribution in [0, 0.1) is 6.92 Å². The van der Waals surface area contributed by atoms with E-state index in [9.17, 15) is 0 Å². The summed E-state index contributed by atoms with van der Waals surface area (Å²) in [5.41, 5.74) is 3.09. The van der Waals surface area contributed by atoms with E-state index in [0.717, 1.165) is 28.2 Å². The van der Waals surface area contributed by atoms with Gasteiger partial charge in [-0.3, -0.25) is 0 Å². The summed E-state index contributed by atoms with van der Waals surface area (Å²) in [5, 5.41) is 0. The second-order valence-electron chi connectivity index (χ2n) is 3.49. The molecule has 0 bridgehead atoms. The first-order valence-electron chi connectivity index (χ1n) is 4.79. The van der Waals surface area contributed by atoms with Crippen molar-refractivity contribution in [2.45, 2.75) is 6.92 Å². The van der Waals surface area contributed by atoms with E-state index in [1.165, 1.54) is 0 Å². The van der Waals surface area contributed by atoms with Crippen LogP contribution in [-0.2, 0) is 0 Å². The number of rotatable bonds is 1. The highest BCUT2D eigenvalue weighted by molar-refractivity contribution is 5.80. The van der Waals surface area contributed by atoms with Gasteiger partial charge in [-0.1, -0.05) is 0 Å². The lowest BCUT2D eigenvalue weighted by Gasteiger charge is -1.95. The van der Waals surface area contributed by atoms with Crippen molar-refractivity contribution < 1.29 is 0 Å². The molecule has 2 heterocycles. The van der Waals surface area contributed by atoms with E-state index in [-0.39, 0.29) is 0 Å². The van der Waals surface area contributed by atoms with Crippen LogP contribution in [0.5, 0.6) is 0 Å². The highest BCUT2D eigenvalue weighted by Crippen LogP contribution is 2.19. The monoisotopic (exact) mass is 198 g/mol. The fourth-order valence-corrected chi connectivity index (χ4v) is 1.70. The van der Waals surface area contributed by atoms with Crippen LogP contribution in [0.25, 0.3) is 22.4 Å². The number of aromatic amines is 2. The Bertz CT molecular complexity index is 592. The third-order valence-corrected chi connectivity index (χ3v) is 2.37.